The van der Waals surface area contributed by atoms with Gasteiger partial charge in [-0.3, -0.25) is 14.4 Å². The molecular formula is C19H18N2O6. The van der Waals surface area contributed by atoms with Crippen molar-refractivity contribution in [1.29, 1.82) is 0 Å². The smallest absolute Gasteiger partial charge is 0.348 e. The lowest BCUT2D eigenvalue weighted by Gasteiger charge is -2.30. The average molecular weight is 370 g/mol. The first-order chi connectivity index (χ1) is 13.0. The van der Waals surface area contributed by atoms with Crippen LogP contribution in [0, 0.1) is 18.4 Å². The molecule has 3 aliphatic heterocycles. The fourth-order valence-electron chi connectivity index (χ4n) is 3.07. The second kappa shape index (κ2) is 8.01. The van der Waals surface area contributed by atoms with E-state index in [0.29, 0.717) is 6.42 Å². The predicted octanol–water partition coefficient (Wildman–Crippen LogP) is 0.814. The molecule has 6 atom stereocenters. The summed E-state index contributed by atoms with van der Waals surface area (Å²) in [6.45, 7) is 6.76. The molecule has 0 spiro atoms. The number of fused-ring (bicyclic) bond motifs is 2. The Bertz CT molecular complexity index is 791. The molecule has 1 amide bonds. The van der Waals surface area contributed by atoms with Crippen LogP contribution in [0.3, 0.4) is 0 Å². The number of esters is 2. The first-order valence-electron chi connectivity index (χ1n) is 8.42. The number of nitrogens with two attached hydrogens (primary N) is 1. The van der Waals surface area contributed by atoms with Crippen LogP contribution in [-0.2, 0) is 28.6 Å². The van der Waals surface area contributed by atoms with Crippen LogP contribution in [0.15, 0.2) is 48.6 Å². The molecule has 0 aromatic rings. The fourth-order valence-corrected chi connectivity index (χ4v) is 3.07. The number of nitrogens with zero attached hydrogens (tertiary/aromatic N) is 1. The molecule has 8 heteroatoms. The largest absolute Gasteiger partial charge is 0.454 e. The van der Waals surface area contributed by atoms with E-state index < -0.39 is 6.23 Å². The summed E-state index contributed by atoms with van der Waals surface area (Å²) in [6.07, 6.45) is 12.1. The zero-order valence-electron chi connectivity index (χ0n) is 14.3. The van der Waals surface area contributed by atoms with Crippen LogP contribution in [-0.4, -0.2) is 42.4 Å². The van der Waals surface area contributed by atoms with Gasteiger partial charge in [0.2, 0.25) is 5.91 Å². The third kappa shape index (κ3) is 4.51. The molecule has 4 rings (SSSR count). The highest BCUT2D eigenvalue weighted by molar-refractivity contribution is 5.84. The van der Waals surface area contributed by atoms with E-state index in [4.69, 9.17) is 26.5 Å². The summed E-state index contributed by atoms with van der Waals surface area (Å²) in [4.78, 5) is 35.9. The van der Waals surface area contributed by atoms with Crippen molar-refractivity contribution >= 4 is 17.8 Å². The molecule has 0 aromatic carbocycles. The van der Waals surface area contributed by atoms with Gasteiger partial charge in [-0.15, -0.1) is 0 Å². The zero-order valence-corrected chi connectivity index (χ0v) is 14.3. The molecule has 8 nitrogen and oxygen atoms in total. The lowest BCUT2D eigenvalue weighted by molar-refractivity contribution is -0.150. The third-order valence-electron chi connectivity index (χ3n) is 4.47. The lowest BCUT2D eigenvalue weighted by atomic mass is 9.83. The van der Waals surface area contributed by atoms with Gasteiger partial charge in [0.15, 0.2) is 6.10 Å². The summed E-state index contributed by atoms with van der Waals surface area (Å²) < 4.78 is 15.3. The van der Waals surface area contributed by atoms with Crippen molar-refractivity contribution in [3.05, 3.63) is 60.0 Å². The van der Waals surface area contributed by atoms with Crippen molar-refractivity contribution in [2.75, 3.05) is 0 Å². The van der Waals surface area contributed by atoms with Gasteiger partial charge in [-0.2, -0.15) is 0 Å². The Morgan fingerprint density at radius 2 is 1.63 bits per heavy atom. The molecule has 0 saturated heterocycles. The third-order valence-corrected chi connectivity index (χ3v) is 4.47. The van der Waals surface area contributed by atoms with E-state index in [1.165, 1.54) is 12.2 Å². The fraction of sp³-hybridized carbons (Fsp3) is 0.368. The first kappa shape index (κ1) is 18.6. The second-order valence-corrected chi connectivity index (χ2v) is 6.32. The number of rotatable bonds is 1. The molecule has 1 aliphatic carbocycles. The minimum Gasteiger partial charge on any atom is -0.454 e. The summed E-state index contributed by atoms with van der Waals surface area (Å²) in [5, 5.41) is 0. The van der Waals surface area contributed by atoms with Crippen LogP contribution < -0.4 is 5.73 Å². The van der Waals surface area contributed by atoms with Gasteiger partial charge in [0.25, 0.3) is 0 Å². The molecule has 0 radical (unpaired) electrons. The Morgan fingerprint density at radius 3 is 2.33 bits per heavy atom. The van der Waals surface area contributed by atoms with Crippen LogP contribution in [0.2, 0.25) is 0 Å². The Kier molecular flexibility index (Phi) is 5.52. The molecule has 0 bridgehead atoms. The minimum absolute atomic E-state index is 0.0928. The van der Waals surface area contributed by atoms with Gasteiger partial charge < -0.3 is 15.2 Å². The molecule has 2 N–H and O–H groups in total. The second-order valence-electron chi connectivity index (χ2n) is 6.32. The summed E-state index contributed by atoms with van der Waals surface area (Å²) in [5.74, 6) is -1.16. The highest BCUT2D eigenvalue weighted by Gasteiger charge is 2.33. The van der Waals surface area contributed by atoms with E-state index >= 15 is 0 Å². The number of carbonyl (C=O) groups is 3. The van der Waals surface area contributed by atoms with E-state index in [0.717, 1.165) is 0 Å². The number of hydrogen-bond donors (Lipinski definition) is 1. The van der Waals surface area contributed by atoms with E-state index in [1.54, 1.807) is 36.5 Å². The standard InChI is InChI=1S/C10H11NO3.C9H7NO3/c11-10(13)7-1-3-8-6(5-7)2-4-9(12)14-8;1-10-8-4-2-7-6(12-8)3-5-9(11)13-7/h1-4,6-8H,5H2,(H2,11,13);2-8H/t6-,7+,8+;6-,7-,8+/m01/s1. The molecule has 140 valence electrons. The van der Waals surface area contributed by atoms with Gasteiger partial charge in [-0.25, -0.2) is 16.2 Å². The van der Waals surface area contributed by atoms with Gasteiger partial charge >= 0.3 is 18.2 Å². The average Bonchev–Trinajstić information content (AvgIpc) is 2.67. The zero-order chi connectivity index (χ0) is 19.4. The predicted molar refractivity (Wildman–Crippen MR) is 92.4 cm³/mol. The Hall–Kier alpha value is -3.18. The number of ether oxygens (including phenoxy) is 3. The highest BCUT2D eigenvalue weighted by atomic mass is 16.6. The number of amides is 1. The maximum atomic E-state index is 10.9. The summed E-state index contributed by atoms with van der Waals surface area (Å²) >= 11 is 0. The maximum Gasteiger partial charge on any atom is 0.348 e. The minimum atomic E-state index is -0.553. The topological polar surface area (TPSA) is 109 Å². The Morgan fingerprint density at radius 1 is 0.963 bits per heavy atom. The maximum absolute atomic E-state index is 10.9. The molecule has 4 aliphatic rings. The molecular weight excluding hydrogens is 352 g/mol. The van der Waals surface area contributed by atoms with Crippen molar-refractivity contribution in [2.45, 2.75) is 31.0 Å². The van der Waals surface area contributed by atoms with Crippen LogP contribution in [0.25, 0.3) is 4.85 Å². The highest BCUT2D eigenvalue weighted by Crippen LogP contribution is 2.29. The molecule has 0 aromatic heterocycles. The molecule has 0 unspecified atom stereocenters. The SMILES string of the molecule is NC(=O)[C@@H]1C=C[C@H]2OC(=O)C=C[C@H]2C1.[C-]#[N+][C@@H]1C=C[C@H]2OC(=O)C=C[C@H]2O1. The van der Waals surface area contributed by atoms with E-state index in [2.05, 4.69) is 4.85 Å². The number of carbonyl (C=O) groups excluding carboxylic acids is 3. The van der Waals surface area contributed by atoms with E-state index in [1.807, 2.05) is 0 Å². The summed E-state index contributed by atoms with van der Waals surface area (Å²) in [5.41, 5.74) is 5.19. The van der Waals surface area contributed by atoms with E-state index in [-0.39, 0.29) is 48.0 Å². The van der Waals surface area contributed by atoms with Gasteiger partial charge in [0.05, 0.1) is 5.92 Å². The van der Waals surface area contributed by atoms with Gasteiger partial charge in [-0.05, 0) is 24.6 Å². The van der Waals surface area contributed by atoms with Crippen LogP contribution >= 0.6 is 0 Å². The first-order valence-corrected chi connectivity index (χ1v) is 8.42. The number of primary amides is 1. The van der Waals surface area contributed by atoms with Crippen molar-refractivity contribution in [3.8, 4) is 0 Å². The molecule has 0 fully saturated rings. The molecule has 3 heterocycles. The van der Waals surface area contributed by atoms with Crippen molar-refractivity contribution < 1.29 is 28.6 Å². The van der Waals surface area contributed by atoms with Crippen molar-refractivity contribution in [1.82, 2.24) is 0 Å². The van der Waals surface area contributed by atoms with E-state index in [9.17, 15) is 14.4 Å². The molecule has 27 heavy (non-hydrogen) atoms. The summed E-state index contributed by atoms with van der Waals surface area (Å²) in [6, 6.07) is 0. The van der Waals surface area contributed by atoms with Gasteiger partial charge in [0.1, 0.15) is 12.2 Å². The molecule has 0 saturated carbocycles. The van der Waals surface area contributed by atoms with Gasteiger partial charge in [0, 0.05) is 24.1 Å². The van der Waals surface area contributed by atoms with Crippen molar-refractivity contribution in [2.24, 2.45) is 17.6 Å². The quantitative estimate of drug-likeness (QED) is 0.416. The van der Waals surface area contributed by atoms with Crippen LogP contribution in [0.4, 0.5) is 0 Å². The normalized spacial score (nSPS) is 35.5. The Labute approximate surface area is 155 Å². The summed E-state index contributed by atoms with van der Waals surface area (Å²) in [7, 11) is 0. The Balaban J connectivity index is 0.000000156. The van der Waals surface area contributed by atoms with Gasteiger partial charge in [-0.1, -0.05) is 12.2 Å². The van der Waals surface area contributed by atoms with Crippen LogP contribution in [0.5, 0.6) is 0 Å². The monoisotopic (exact) mass is 370 g/mol. The lowest BCUT2D eigenvalue weighted by Crippen LogP contribution is -2.38. The number of hydrogen-bond acceptors (Lipinski definition) is 6. The van der Waals surface area contributed by atoms with Crippen molar-refractivity contribution in [3.63, 3.8) is 0 Å². The van der Waals surface area contributed by atoms with Crippen LogP contribution in [0.1, 0.15) is 6.42 Å².